The van der Waals surface area contributed by atoms with Gasteiger partial charge in [-0.3, -0.25) is 4.79 Å². The van der Waals surface area contributed by atoms with Gasteiger partial charge in [0.1, 0.15) is 5.69 Å². The van der Waals surface area contributed by atoms with Crippen LogP contribution in [0.2, 0.25) is 0 Å². The van der Waals surface area contributed by atoms with E-state index < -0.39 is 0 Å². The van der Waals surface area contributed by atoms with Gasteiger partial charge in [-0.15, -0.1) is 0 Å². The normalized spacial score (nSPS) is 10.9. The fraction of sp³-hybridized carbons (Fsp3) is 0.211. The van der Waals surface area contributed by atoms with Crippen LogP contribution in [0.15, 0.2) is 59.2 Å². The number of hydrogen-bond donors (Lipinski definition) is 0. The van der Waals surface area contributed by atoms with Gasteiger partial charge in [-0.05, 0) is 47.3 Å². The van der Waals surface area contributed by atoms with Crippen LogP contribution < -0.4 is 4.90 Å². The minimum atomic E-state index is 0.0244. The molecule has 0 saturated heterocycles. The summed E-state index contributed by atoms with van der Waals surface area (Å²) in [5.74, 6) is 0.0244. The topological polar surface area (TPSA) is 25.2 Å². The Hall–Kier alpha value is -2.07. The first-order chi connectivity index (χ1) is 11.2. The largest absolute Gasteiger partial charge is 0.343 e. The lowest BCUT2D eigenvalue weighted by atomic mass is 10.1. The molecule has 118 valence electrons. The van der Waals surface area contributed by atoms with E-state index in [4.69, 9.17) is 0 Å². The van der Waals surface area contributed by atoms with Crippen LogP contribution in [0.1, 0.15) is 24.3 Å². The van der Waals surface area contributed by atoms with Gasteiger partial charge >= 0.3 is 0 Å². The Balaban J connectivity index is 2.09. The molecule has 2 aromatic carbocycles. The first-order valence-electron chi connectivity index (χ1n) is 7.81. The van der Waals surface area contributed by atoms with Crippen LogP contribution in [0.25, 0.3) is 10.8 Å². The quantitative estimate of drug-likeness (QED) is 0.627. The molecule has 0 fully saturated rings. The monoisotopic (exact) mass is 370 g/mol. The number of carbonyl (C=O) groups is 1. The van der Waals surface area contributed by atoms with E-state index in [-0.39, 0.29) is 5.91 Å². The van der Waals surface area contributed by atoms with Crippen molar-refractivity contribution in [2.45, 2.75) is 20.4 Å². The van der Waals surface area contributed by atoms with Gasteiger partial charge in [0, 0.05) is 29.1 Å². The summed E-state index contributed by atoms with van der Waals surface area (Å²) in [6, 6.07) is 16.1. The van der Waals surface area contributed by atoms with Crippen molar-refractivity contribution >= 4 is 38.3 Å². The Morgan fingerprint density at radius 1 is 1.13 bits per heavy atom. The van der Waals surface area contributed by atoms with Gasteiger partial charge in [-0.2, -0.15) is 0 Å². The van der Waals surface area contributed by atoms with E-state index in [1.165, 1.54) is 0 Å². The number of nitrogens with zero attached hydrogens (tertiary/aromatic N) is 2. The summed E-state index contributed by atoms with van der Waals surface area (Å²) in [5.41, 5.74) is 1.66. The smallest absolute Gasteiger partial charge is 0.274 e. The zero-order valence-electron chi connectivity index (χ0n) is 13.3. The summed E-state index contributed by atoms with van der Waals surface area (Å²) < 4.78 is 2.90. The second kappa shape index (κ2) is 6.59. The number of anilines is 1. The van der Waals surface area contributed by atoms with Crippen molar-refractivity contribution in [3.05, 3.63) is 64.9 Å². The standard InChI is InChI=1S/C19H19BrN2O/c1-3-21-13-15(20)12-18(21)19(23)22(4-2)17-11-7-9-14-8-5-6-10-16(14)17/h5-13H,3-4H2,1-2H3. The molecule has 0 atom stereocenters. The molecule has 1 aromatic heterocycles. The van der Waals surface area contributed by atoms with Crippen molar-refractivity contribution in [2.24, 2.45) is 0 Å². The first-order valence-corrected chi connectivity index (χ1v) is 8.60. The molecule has 0 aliphatic heterocycles. The second-order valence-electron chi connectivity index (χ2n) is 5.38. The molecule has 0 radical (unpaired) electrons. The first kappa shape index (κ1) is 15.8. The molecule has 1 heterocycles. The number of rotatable bonds is 4. The Kier molecular flexibility index (Phi) is 4.53. The molecule has 0 aliphatic rings. The Labute approximate surface area is 144 Å². The van der Waals surface area contributed by atoms with E-state index in [0.29, 0.717) is 12.2 Å². The van der Waals surface area contributed by atoms with E-state index in [1.54, 1.807) is 0 Å². The lowest BCUT2D eigenvalue weighted by molar-refractivity contribution is 0.0980. The van der Waals surface area contributed by atoms with E-state index >= 15 is 0 Å². The molecule has 0 saturated carbocycles. The number of carbonyl (C=O) groups excluding carboxylic acids is 1. The molecule has 0 N–H and O–H groups in total. The molecule has 0 aliphatic carbocycles. The van der Waals surface area contributed by atoms with Gasteiger partial charge in [0.15, 0.2) is 0 Å². The molecule has 1 amide bonds. The number of halogens is 1. The highest BCUT2D eigenvalue weighted by atomic mass is 79.9. The van der Waals surface area contributed by atoms with Gasteiger partial charge in [0.05, 0.1) is 5.69 Å². The van der Waals surface area contributed by atoms with Crippen LogP contribution in [0.4, 0.5) is 5.69 Å². The highest BCUT2D eigenvalue weighted by Gasteiger charge is 2.21. The van der Waals surface area contributed by atoms with Crippen LogP contribution in [0.5, 0.6) is 0 Å². The lowest BCUT2D eigenvalue weighted by Gasteiger charge is -2.23. The third kappa shape index (κ3) is 2.91. The molecule has 3 rings (SSSR count). The number of fused-ring (bicyclic) bond motifs is 1. The fourth-order valence-electron chi connectivity index (χ4n) is 2.92. The second-order valence-corrected chi connectivity index (χ2v) is 6.29. The minimum Gasteiger partial charge on any atom is -0.343 e. The highest BCUT2D eigenvalue weighted by molar-refractivity contribution is 9.10. The van der Waals surface area contributed by atoms with Gasteiger partial charge in [0.25, 0.3) is 5.91 Å². The predicted molar refractivity (Wildman–Crippen MR) is 99.1 cm³/mol. The lowest BCUT2D eigenvalue weighted by Crippen LogP contribution is -2.32. The molecule has 0 spiro atoms. The van der Waals surface area contributed by atoms with Crippen LogP contribution in [-0.4, -0.2) is 17.0 Å². The summed E-state index contributed by atoms with van der Waals surface area (Å²) in [6.07, 6.45) is 1.95. The fourth-order valence-corrected chi connectivity index (χ4v) is 3.38. The summed E-state index contributed by atoms with van der Waals surface area (Å²) >= 11 is 3.47. The summed E-state index contributed by atoms with van der Waals surface area (Å²) in [4.78, 5) is 14.9. The van der Waals surface area contributed by atoms with Crippen LogP contribution in [0.3, 0.4) is 0 Å². The van der Waals surface area contributed by atoms with Crippen molar-refractivity contribution in [3.8, 4) is 0 Å². The van der Waals surface area contributed by atoms with E-state index in [0.717, 1.165) is 27.5 Å². The maximum absolute atomic E-state index is 13.1. The zero-order chi connectivity index (χ0) is 16.4. The van der Waals surface area contributed by atoms with Gasteiger partial charge in [0.2, 0.25) is 0 Å². The molecular weight excluding hydrogens is 352 g/mol. The minimum absolute atomic E-state index is 0.0244. The maximum atomic E-state index is 13.1. The number of aryl methyl sites for hydroxylation is 1. The van der Waals surface area contributed by atoms with Gasteiger partial charge < -0.3 is 9.47 Å². The summed E-state index contributed by atoms with van der Waals surface area (Å²) in [6.45, 7) is 5.44. The van der Waals surface area contributed by atoms with Crippen molar-refractivity contribution in [1.29, 1.82) is 0 Å². The third-order valence-corrected chi connectivity index (χ3v) is 4.48. The van der Waals surface area contributed by atoms with Crippen molar-refractivity contribution in [1.82, 2.24) is 4.57 Å². The number of amides is 1. The maximum Gasteiger partial charge on any atom is 0.274 e. The van der Waals surface area contributed by atoms with Crippen molar-refractivity contribution in [2.75, 3.05) is 11.4 Å². The van der Waals surface area contributed by atoms with Gasteiger partial charge in [-0.25, -0.2) is 0 Å². The van der Waals surface area contributed by atoms with Crippen LogP contribution in [-0.2, 0) is 6.54 Å². The van der Waals surface area contributed by atoms with Crippen molar-refractivity contribution in [3.63, 3.8) is 0 Å². The summed E-state index contributed by atoms with van der Waals surface area (Å²) in [7, 11) is 0. The number of benzene rings is 2. The summed E-state index contributed by atoms with van der Waals surface area (Å²) in [5, 5.41) is 2.24. The Morgan fingerprint density at radius 3 is 2.61 bits per heavy atom. The average molecular weight is 371 g/mol. The van der Waals surface area contributed by atoms with Crippen molar-refractivity contribution < 1.29 is 4.79 Å². The molecule has 0 bridgehead atoms. The predicted octanol–water partition coefficient (Wildman–Crippen LogP) is 5.09. The third-order valence-electron chi connectivity index (χ3n) is 4.04. The SMILES string of the molecule is CCN(C(=O)c1cc(Br)cn1CC)c1cccc2ccccc12. The molecule has 4 heteroatoms. The van der Waals surface area contributed by atoms with Gasteiger partial charge in [-0.1, -0.05) is 36.4 Å². The Bertz CT molecular complexity index is 848. The van der Waals surface area contributed by atoms with E-state index in [9.17, 15) is 4.79 Å². The zero-order valence-corrected chi connectivity index (χ0v) is 14.9. The number of hydrogen-bond acceptors (Lipinski definition) is 1. The van der Waals surface area contributed by atoms with Crippen LogP contribution >= 0.6 is 15.9 Å². The van der Waals surface area contributed by atoms with E-state index in [1.807, 2.05) is 59.8 Å². The molecule has 23 heavy (non-hydrogen) atoms. The number of aromatic nitrogens is 1. The molecule has 0 unspecified atom stereocenters. The molecular formula is C19H19BrN2O. The molecule has 3 aromatic rings. The van der Waals surface area contributed by atoms with Crippen LogP contribution in [0, 0.1) is 0 Å². The molecule has 3 nitrogen and oxygen atoms in total. The highest BCUT2D eigenvalue weighted by Crippen LogP contribution is 2.28. The average Bonchev–Trinajstić information content (AvgIpc) is 2.96. The Morgan fingerprint density at radius 2 is 1.87 bits per heavy atom. The van der Waals surface area contributed by atoms with E-state index in [2.05, 4.69) is 34.1 Å².